The molecule has 0 unspecified atom stereocenters. The van der Waals surface area contributed by atoms with Crippen molar-refractivity contribution in [2.75, 3.05) is 7.11 Å². The molecule has 0 atom stereocenters. The van der Waals surface area contributed by atoms with E-state index in [9.17, 15) is 4.79 Å². The predicted molar refractivity (Wildman–Crippen MR) is 65.9 cm³/mol. The highest BCUT2D eigenvalue weighted by atomic mass is 16.5. The third kappa shape index (κ3) is 1.62. The molecule has 90 valence electrons. The van der Waals surface area contributed by atoms with Crippen molar-refractivity contribution in [3.8, 4) is 22.6 Å². The highest BCUT2D eigenvalue weighted by Gasteiger charge is 2.18. The molecule has 0 saturated carbocycles. The molecule has 0 amide bonds. The van der Waals surface area contributed by atoms with Crippen LogP contribution in [0.15, 0.2) is 30.5 Å². The van der Waals surface area contributed by atoms with E-state index < -0.39 is 0 Å². The Balaban J connectivity index is 2.18. The molecule has 18 heavy (non-hydrogen) atoms. The molecule has 1 aliphatic rings. The first-order chi connectivity index (χ1) is 8.81. The van der Waals surface area contributed by atoms with Crippen LogP contribution in [0.4, 0.5) is 0 Å². The van der Waals surface area contributed by atoms with E-state index in [0.29, 0.717) is 18.1 Å². The topological polar surface area (TPSA) is 48.4 Å². The predicted octanol–water partition coefficient (Wildman–Crippen LogP) is 2.46. The Morgan fingerprint density at radius 1 is 1.33 bits per heavy atom. The van der Waals surface area contributed by atoms with Gasteiger partial charge in [-0.1, -0.05) is 6.07 Å². The van der Waals surface area contributed by atoms with Crippen LogP contribution in [-0.2, 0) is 6.61 Å². The highest BCUT2D eigenvalue weighted by molar-refractivity contribution is 5.81. The summed E-state index contributed by atoms with van der Waals surface area (Å²) in [7, 11) is 1.63. The van der Waals surface area contributed by atoms with Crippen LogP contribution in [0.25, 0.3) is 11.1 Å². The van der Waals surface area contributed by atoms with Crippen LogP contribution in [0, 0.1) is 0 Å². The Labute approximate surface area is 104 Å². The first-order valence-electron chi connectivity index (χ1n) is 5.57. The summed E-state index contributed by atoms with van der Waals surface area (Å²) in [4.78, 5) is 14.8. The standard InChI is InChI=1S/C14H11NO3/c1-17-11-2-3-12-9(4-11)8-18-14-6-15-10(7-16)5-13(12)14/h2-7H,8H2,1H3. The Kier molecular flexibility index (Phi) is 2.48. The number of hydrogen-bond acceptors (Lipinski definition) is 4. The van der Waals surface area contributed by atoms with Crippen molar-refractivity contribution in [1.82, 2.24) is 4.98 Å². The van der Waals surface area contributed by atoms with Gasteiger partial charge in [0.05, 0.1) is 13.3 Å². The van der Waals surface area contributed by atoms with Gasteiger partial charge >= 0.3 is 0 Å². The molecule has 1 aliphatic heterocycles. The third-order valence-corrected chi connectivity index (χ3v) is 3.00. The van der Waals surface area contributed by atoms with Gasteiger partial charge in [0.1, 0.15) is 23.8 Å². The van der Waals surface area contributed by atoms with E-state index in [4.69, 9.17) is 9.47 Å². The summed E-state index contributed by atoms with van der Waals surface area (Å²) in [6, 6.07) is 7.56. The van der Waals surface area contributed by atoms with Crippen molar-refractivity contribution in [3.05, 3.63) is 41.7 Å². The smallest absolute Gasteiger partial charge is 0.168 e. The number of rotatable bonds is 2. The summed E-state index contributed by atoms with van der Waals surface area (Å²) < 4.78 is 10.8. The van der Waals surface area contributed by atoms with Crippen LogP contribution >= 0.6 is 0 Å². The summed E-state index contributed by atoms with van der Waals surface area (Å²) in [6.45, 7) is 0.488. The van der Waals surface area contributed by atoms with Gasteiger partial charge in [0.15, 0.2) is 6.29 Å². The van der Waals surface area contributed by atoms with Gasteiger partial charge in [0, 0.05) is 11.1 Å². The molecule has 1 aromatic carbocycles. The molecule has 0 saturated heterocycles. The second-order valence-electron chi connectivity index (χ2n) is 4.03. The number of fused-ring (bicyclic) bond motifs is 3. The lowest BCUT2D eigenvalue weighted by Gasteiger charge is -2.21. The molecule has 0 N–H and O–H groups in total. The average molecular weight is 241 g/mol. The van der Waals surface area contributed by atoms with Gasteiger partial charge in [-0.15, -0.1) is 0 Å². The lowest BCUT2D eigenvalue weighted by Crippen LogP contribution is -2.07. The molecular weight excluding hydrogens is 230 g/mol. The number of carbonyl (C=O) groups excluding carboxylic acids is 1. The van der Waals surface area contributed by atoms with Gasteiger partial charge in [0.2, 0.25) is 0 Å². The summed E-state index contributed by atoms with van der Waals surface area (Å²) >= 11 is 0. The highest BCUT2D eigenvalue weighted by Crippen LogP contribution is 2.38. The fraction of sp³-hybridized carbons (Fsp3) is 0.143. The van der Waals surface area contributed by atoms with E-state index in [2.05, 4.69) is 4.98 Å². The van der Waals surface area contributed by atoms with Gasteiger partial charge in [-0.25, -0.2) is 4.98 Å². The van der Waals surface area contributed by atoms with Crippen LogP contribution < -0.4 is 9.47 Å². The maximum atomic E-state index is 10.8. The minimum Gasteiger partial charge on any atom is -0.497 e. The van der Waals surface area contributed by atoms with Gasteiger partial charge < -0.3 is 9.47 Å². The van der Waals surface area contributed by atoms with Crippen molar-refractivity contribution in [2.24, 2.45) is 0 Å². The van der Waals surface area contributed by atoms with Gasteiger partial charge in [-0.05, 0) is 23.8 Å². The van der Waals surface area contributed by atoms with Gasteiger partial charge in [0.25, 0.3) is 0 Å². The minimum atomic E-state index is 0.404. The summed E-state index contributed by atoms with van der Waals surface area (Å²) in [5.41, 5.74) is 3.41. The molecule has 2 heterocycles. The van der Waals surface area contributed by atoms with Crippen molar-refractivity contribution >= 4 is 6.29 Å². The molecular formula is C14H11NO3. The summed E-state index contributed by atoms with van der Waals surface area (Å²) in [6.07, 6.45) is 2.32. The van der Waals surface area contributed by atoms with Crippen LogP contribution in [0.2, 0.25) is 0 Å². The first-order valence-corrected chi connectivity index (χ1v) is 5.57. The number of hydrogen-bond donors (Lipinski definition) is 0. The van der Waals surface area contributed by atoms with E-state index in [1.165, 1.54) is 0 Å². The molecule has 0 radical (unpaired) electrons. The molecule has 0 fully saturated rings. The zero-order chi connectivity index (χ0) is 12.5. The SMILES string of the molecule is COc1ccc2c(c1)COc1cnc(C=O)cc1-2. The zero-order valence-electron chi connectivity index (χ0n) is 9.84. The normalized spacial score (nSPS) is 12.1. The Morgan fingerprint density at radius 3 is 3.00 bits per heavy atom. The number of carbonyl (C=O) groups is 1. The number of methoxy groups -OCH3 is 1. The monoisotopic (exact) mass is 241 g/mol. The number of pyridine rings is 1. The number of benzene rings is 1. The van der Waals surface area contributed by atoms with Crippen LogP contribution in [0.1, 0.15) is 16.1 Å². The van der Waals surface area contributed by atoms with Gasteiger partial charge in [-0.2, -0.15) is 0 Å². The van der Waals surface area contributed by atoms with Crippen molar-refractivity contribution in [1.29, 1.82) is 0 Å². The molecule has 4 heteroatoms. The Bertz CT molecular complexity index is 622. The van der Waals surface area contributed by atoms with Crippen molar-refractivity contribution < 1.29 is 14.3 Å². The lowest BCUT2D eigenvalue weighted by molar-refractivity contribution is 0.111. The third-order valence-electron chi connectivity index (χ3n) is 3.00. The fourth-order valence-electron chi connectivity index (χ4n) is 2.08. The Hall–Kier alpha value is -2.36. The second kappa shape index (κ2) is 4.14. The van der Waals surface area contributed by atoms with E-state index in [0.717, 1.165) is 28.7 Å². The summed E-state index contributed by atoms with van der Waals surface area (Å²) in [5.74, 6) is 1.50. The number of ether oxygens (including phenoxy) is 2. The van der Waals surface area contributed by atoms with Crippen molar-refractivity contribution in [2.45, 2.75) is 6.61 Å². The lowest BCUT2D eigenvalue weighted by atomic mass is 9.97. The van der Waals surface area contributed by atoms with Crippen LogP contribution in [-0.4, -0.2) is 18.4 Å². The van der Waals surface area contributed by atoms with E-state index in [1.54, 1.807) is 19.4 Å². The van der Waals surface area contributed by atoms with E-state index in [-0.39, 0.29) is 0 Å². The molecule has 0 bridgehead atoms. The van der Waals surface area contributed by atoms with Crippen molar-refractivity contribution in [3.63, 3.8) is 0 Å². The fourth-order valence-corrected chi connectivity index (χ4v) is 2.08. The minimum absolute atomic E-state index is 0.404. The number of nitrogens with zero attached hydrogens (tertiary/aromatic N) is 1. The maximum absolute atomic E-state index is 10.8. The maximum Gasteiger partial charge on any atom is 0.168 e. The number of aromatic nitrogens is 1. The zero-order valence-corrected chi connectivity index (χ0v) is 9.84. The van der Waals surface area contributed by atoms with Crippen LogP contribution in [0.3, 0.4) is 0 Å². The Morgan fingerprint density at radius 2 is 2.22 bits per heavy atom. The van der Waals surface area contributed by atoms with E-state index in [1.807, 2.05) is 18.2 Å². The number of aldehydes is 1. The second-order valence-corrected chi connectivity index (χ2v) is 4.03. The molecule has 3 rings (SSSR count). The van der Waals surface area contributed by atoms with Gasteiger partial charge in [-0.3, -0.25) is 4.79 Å². The quantitative estimate of drug-likeness (QED) is 0.758. The van der Waals surface area contributed by atoms with Crippen LogP contribution in [0.5, 0.6) is 11.5 Å². The first kappa shape index (κ1) is 10.8. The molecule has 0 spiro atoms. The average Bonchev–Trinajstić information content (AvgIpc) is 2.45. The molecule has 1 aromatic heterocycles. The van der Waals surface area contributed by atoms with E-state index >= 15 is 0 Å². The molecule has 2 aromatic rings. The molecule has 4 nitrogen and oxygen atoms in total. The molecule has 0 aliphatic carbocycles. The largest absolute Gasteiger partial charge is 0.497 e. The summed E-state index contributed by atoms with van der Waals surface area (Å²) in [5, 5.41) is 0.